The van der Waals surface area contributed by atoms with Crippen LogP contribution in [0.15, 0.2) is 18.2 Å². The van der Waals surface area contributed by atoms with Crippen molar-refractivity contribution in [1.29, 1.82) is 0 Å². The van der Waals surface area contributed by atoms with E-state index in [4.69, 9.17) is 0 Å². The van der Waals surface area contributed by atoms with Crippen LogP contribution in [0.2, 0.25) is 0 Å². The third-order valence-electron chi connectivity index (χ3n) is 1.61. The van der Waals surface area contributed by atoms with E-state index in [0.717, 1.165) is 18.2 Å². The van der Waals surface area contributed by atoms with Crippen molar-refractivity contribution in [2.45, 2.75) is 13.5 Å². The lowest BCUT2D eigenvalue weighted by molar-refractivity contribution is 0.459. The molecule has 12 heavy (non-hydrogen) atoms. The van der Waals surface area contributed by atoms with Crippen molar-refractivity contribution in [3.05, 3.63) is 29.6 Å². The second-order valence-electron chi connectivity index (χ2n) is 2.55. The van der Waals surface area contributed by atoms with Gasteiger partial charge in [0.15, 0.2) is 0 Å². The van der Waals surface area contributed by atoms with Crippen LogP contribution < -0.4 is 5.32 Å². The van der Waals surface area contributed by atoms with Crippen molar-refractivity contribution in [2.75, 3.05) is 6.54 Å². The molecule has 1 aromatic rings. The van der Waals surface area contributed by atoms with E-state index in [2.05, 4.69) is 5.32 Å². The van der Waals surface area contributed by atoms with Crippen molar-refractivity contribution in [3.8, 4) is 5.75 Å². The SMILES string of the molecule is CCNCc1ccc(F)cc1O. The summed E-state index contributed by atoms with van der Waals surface area (Å²) in [5, 5.41) is 12.3. The van der Waals surface area contributed by atoms with E-state index in [0.29, 0.717) is 6.54 Å². The highest BCUT2D eigenvalue weighted by molar-refractivity contribution is 5.32. The summed E-state index contributed by atoms with van der Waals surface area (Å²) in [7, 11) is 0. The Morgan fingerprint density at radius 3 is 2.83 bits per heavy atom. The van der Waals surface area contributed by atoms with Gasteiger partial charge >= 0.3 is 0 Å². The Morgan fingerprint density at radius 1 is 1.50 bits per heavy atom. The van der Waals surface area contributed by atoms with Gasteiger partial charge in [0.05, 0.1) is 0 Å². The molecule has 0 atom stereocenters. The molecule has 0 spiro atoms. The molecule has 0 radical (unpaired) electrons. The quantitative estimate of drug-likeness (QED) is 0.721. The maximum atomic E-state index is 12.5. The summed E-state index contributed by atoms with van der Waals surface area (Å²) < 4.78 is 12.5. The minimum Gasteiger partial charge on any atom is -0.508 e. The maximum Gasteiger partial charge on any atom is 0.126 e. The van der Waals surface area contributed by atoms with Gasteiger partial charge in [0.25, 0.3) is 0 Å². The second kappa shape index (κ2) is 4.07. The summed E-state index contributed by atoms with van der Waals surface area (Å²) in [6.07, 6.45) is 0. The molecule has 0 saturated carbocycles. The van der Waals surface area contributed by atoms with Crippen molar-refractivity contribution < 1.29 is 9.50 Å². The maximum absolute atomic E-state index is 12.5. The Balaban J connectivity index is 2.72. The van der Waals surface area contributed by atoms with Gasteiger partial charge in [-0.25, -0.2) is 4.39 Å². The lowest BCUT2D eigenvalue weighted by Gasteiger charge is -2.04. The average Bonchev–Trinajstić information content (AvgIpc) is 2.03. The van der Waals surface area contributed by atoms with E-state index in [1.807, 2.05) is 6.92 Å². The molecule has 0 amide bonds. The first-order chi connectivity index (χ1) is 5.74. The van der Waals surface area contributed by atoms with Gasteiger partial charge < -0.3 is 10.4 Å². The molecule has 0 aromatic heterocycles. The third-order valence-corrected chi connectivity index (χ3v) is 1.61. The van der Waals surface area contributed by atoms with Gasteiger partial charge in [-0.05, 0) is 12.6 Å². The standard InChI is InChI=1S/C9H12FNO/c1-2-11-6-7-3-4-8(10)5-9(7)12/h3-5,11-12H,2,6H2,1H3. The molecular formula is C9H12FNO. The predicted molar refractivity (Wildman–Crippen MR) is 45.4 cm³/mol. The molecule has 0 bridgehead atoms. The fraction of sp³-hybridized carbons (Fsp3) is 0.333. The third kappa shape index (κ3) is 2.20. The first-order valence-electron chi connectivity index (χ1n) is 3.92. The van der Waals surface area contributed by atoms with Crippen molar-refractivity contribution in [3.63, 3.8) is 0 Å². The van der Waals surface area contributed by atoms with E-state index in [-0.39, 0.29) is 5.75 Å². The van der Waals surface area contributed by atoms with Crippen LogP contribution in [-0.2, 0) is 6.54 Å². The van der Waals surface area contributed by atoms with E-state index >= 15 is 0 Å². The highest BCUT2D eigenvalue weighted by atomic mass is 19.1. The number of hydrogen-bond donors (Lipinski definition) is 2. The molecular weight excluding hydrogens is 157 g/mol. The van der Waals surface area contributed by atoms with Crippen LogP contribution in [0.3, 0.4) is 0 Å². The zero-order chi connectivity index (χ0) is 8.97. The van der Waals surface area contributed by atoms with Crippen LogP contribution in [0.1, 0.15) is 12.5 Å². The topological polar surface area (TPSA) is 32.3 Å². The number of benzene rings is 1. The fourth-order valence-electron chi connectivity index (χ4n) is 0.946. The molecule has 0 unspecified atom stereocenters. The van der Waals surface area contributed by atoms with Crippen LogP contribution in [-0.4, -0.2) is 11.7 Å². The summed E-state index contributed by atoms with van der Waals surface area (Å²) >= 11 is 0. The Morgan fingerprint density at radius 2 is 2.25 bits per heavy atom. The lowest BCUT2D eigenvalue weighted by Crippen LogP contribution is -2.11. The zero-order valence-corrected chi connectivity index (χ0v) is 6.97. The number of halogens is 1. The molecule has 0 fully saturated rings. The Hall–Kier alpha value is -1.09. The first kappa shape index (κ1) is 9.00. The van der Waals surface area contributed by atoms with Gasteiger partial charge in [0.2, 0.25) is 0 Å². The lowest BCUT2D eigenvalue weighted by atomic mass is 10.2. The second-order valence-corrected chi connectivity index (χ2v) is 2.55. The van der Waals surface area contributed by atoms with E-state index in [1.165, 1.54) is 6.07 Å². The van der Waals surface area contributed by atoms with E-state index < -0.39 is 5.82 Å². The van der Waals surface area contributed by atoms with Crippen molar-refractivity contribution in [2.24, 2.45) is 0 Å². The van der Waals surface area contributed by atoms with Crippen LogP contribution in [0, 0.1) is 5.82 Å². The van der Waals surface area contributed by atoms with Gasteiger partial charge in [0.1, 0.15) is 11.6 Å². The van der Waals surface area contributed by atoms with Gasteiger partial charge in [-0.2, -0.15) is 0 Å². The van der Waals surface area contributed by atoms with Gasteiger partial charge in [-0.1, -0.05) is 13.0 Å². The van der Waals surface area contributed by atoms with Crippen LogP contribution in [0.4, 0.5) is 4.39 Å². The molecule has 0 aliphatic rings. The Kier molecular flexibility index (Phi) is 3.05. The van der Waals surface area contributed by atoms with Crippen LogP contribution in [0.5, 0.6) is 5.75 Å². The average molecular weight is 169 g/mol. The number of phenolic OH excluding ortho intramolecular Hbond substituents is 1. The summed E-state index contributed by atoms with van der Waals surface area (Å²) in [4.78, 5) is 0. The molecule has 2 nitrogen and oxygen atoms in total. The molecule has 1 rings (SSSR count). The molecule has 0 aliphatic heterocycles. The smallest absolute Gasteiger partial charge is 0.126 e. The fourth-order valence-corrected chi connectivity index (χ4v) is 0.946. The summed E-state index contributed by atoms with van der Waals surface area (Å²) in [5.74, 6) is -0.399. The molecule has 0 heterocycles. The summed E-state index contributed by atoms with van der Waals surface area (Å²) in [6.45, 7) is 3.38. The molecule has 2 N–H and O–H groups in total. The van der Waals surface area contributed by atoms with Gasteiger partial charge in [0, 0.05) is 18.2 Å². The minimum absolute atomic E-state index is 0.0101. The number of aromatic hydroxyl groups is 1. The normalized spacial score (nSPS) is 10.2. The highest BCUT2D eigenvalue weighted by Gasteiger charge is 2.00. The zero-order valence-electron chi connectivity index (χ0n) is 6.97. The minimum atomic E-state index is -0.409. The molecule has 3 heteroatoms. The van der Waals surface area contributed by atoms with Crippen molar-refractivity contribution in [1.82, 2.24) is 5.32 Å². The van der Waals surface area contributed by atoms with Crippen molar-refractivity contribution >= 4 is 0 Å². The van der Waals surface area contributed by atoms with Gasteiger partial charge in [-0.3, -0.25) is 0 Å². The molecule has 66 valence electrons. The predicted octanol–water partition coefficient (Wildman–Crippen LogP) is 1.64. The summed E-state index contributed by atoms with van der Waals surface area (Å²) in [6, 6.07) is 4.03. The molecule has 1 aromatic carbocycles. The Labute approximate surface area is 71.0 Å². The number of hydrogen-bond acceptors (Lipinski definition) is 2. The van der Waals surface area contributed by atoms with Crippen LogP contribution >= 0.6 is 0 Å². The molecule has 0 saturated heterocycles. The monoisotopic (exact) mass is 169 g/mol. The number of nitrogens with one attached hydrogen (secondary N) is 1. The molecule has 0 aliphatic carbocycles. The van der Waals surface area contributed by atoms with Crippen LogP contribution in [0.25, 0.3) is 0 Å². The largest absolute Gasteiger partial charge is 0.508 e. The first-order valence-corrected chi connectivity index (χ1v) is 3.92. The summed E-state index contributed by atoms with van der Waals surface area (Å²) in [5.41, 5.74) is 0.721. The number of phenols is 1. The Bertz CT molecular complexity index is 263. The van der Waals surface area contributed by atoms with E-state index in [1.54, 1.807) is 6.07 Å². The van der Waals surface area contributed by atoms with Gasteiger partial charge in [-0.15, -0.1) is 0 Å². The number of rotatable bonds is 3. The van der Waals surface area contributed by atoms with E-state index in [9.17, 15) is 9.50 Å². The highest BCUT2D eigenvalue weighted by Crippen LogP contribution is 2.17.